The Morgan fingerprint density at radius 3 is 1.73 bits per heavy atom. The summed E-state index contributed by atoms with van der Waals surface area (Å²) >= 11 is 1.33. The highest BCUT2D eigenvalue weighted by Gasteiger charge is 2.31. The topological polar surface area (TPSA) is 110 Å². The minimum atomic E-state index is -4.42. The molecular formula is C38H35F3N6OS. The number of alkyl halides is 3. The fourth-order valence-electron chi connectivity index (χ4n) is 5.10. The summed E-state index contributed by atoms with van der Waals surface area (Å²) in [5.74, 6) is 1.08. The van der Waals surface area contributed by atoms with E-state index in [1.54, 1.807) is 19.4 Å². The minimum absolute atomic E-state index is 0.0241. The number of hydrogen-bond donors (Lipinski definition) is 4. The number of aryl methyl sites for hydroxylation is 1. The minimum Gasteiger partial charge on any atom is -0.495 e. The number of hydrogen-bond acceptors (Lipinski definition) is 4. The summed E-state index contributed by atoms with van der Waals surface area (Å²) in [6, 6.07) is 36.8. The van der Waals surface area contributed by atoms with Gasteiger partial charge in [0.2, 0.25) is 0 Å². The van der Waals surface area contributed by atoms with E-state index in [1.165, 1.54) is 17.8 Å². The molecule has 0 saturated carbocycles. The summed E-state index contributed by atoms with van der Waals surface area (Å²) in [6.07, 6.45) is -2.64. The van der Waals surface area contributed by atoms with Crippen LogP contribution < -0.4 is 26.8 Å². The number of aliphatic imine (C=N–C) groups is 2. The molecule has 0 aliphatic rings. The number of halogens is 3. The molecule has 0 aromatic heterocycles. The third-order valence-electron chi connectivity index (χ3n) is 7.42. The second-order valence-electron chi connectivity index (χ2n) is 10.9. The summed E-state index contributed by atoms with van der Waals surface area (Å²) < 4.78 is 44.2. The van der Waals surface area contributed by atoms with E-state index in [-0.39, 0.29) is 11.6 Å². The van der Waals surface area contributed by atoms with Crippen molar-refractivity contribution in [3.63, 3.8) is 0 Å². The monoisotopic (exact) mass is 680 g/mol. The maximum absolute atomic E-state index is 13.0. The number of nitrogens with one attached hydrogen (secondary N) is 2. The first-order valence-corrected chi connectivity index (χ1v) is 16.4. The predicted molar refractivity (Wildman–Crippen MR) is 199 cm³/mol. The van der Waals surface area contributed by atoms with E-state index >= 15 is 0 Å². The highest BCUT2D eigenvalue weighted by atomic mass is 32.2. The molecule has 0 amide bonds. The van der Waals surface area contributed by atoms with Crippen molar-refractivity contribution in [1.29, 1.82) is 0 Å². The lowest BCUT2D eigenvalue weighted by atomic mass is 10.1. The lowest BCUT2D eigenvalue weighted by Crippen LogP contribution is -2.22. The van der Waals surface area contributed by atoms with Gasteiger partial charge in [-0.3, -0.25) is 0 Å². The van der Waals surface area contributed by atoms with Crippen LogP contribution in [0.15, 0.2) is 136 Å². The van der Waals surface area contributed by atoms with E-state index in [9.17, 15) is 13.2 Å². The van der Waals surface area contributed by atoms with Crippen LogP contribution >= 0.6 is 11.8 Å². The average molecular weight is 681 g/mol. The van der Waals surface area contributed by atoms with Crippen LogP contribution in [0, 0.1) is 6.92 Å². The number of methoxy groups -OCH3 is 1. The van der Waals surface area contributed by atoms with Crippen LogP contribution in [-0.4, -0.2) is 25.3 Å². The molecule has 6 aromatic rings. The van der Waals surface area contributed by atoms with E-state index in [0.717, 1.165) is 56.4 Å². The van der Waals surface area contributed by atoms with Crippen molar-refractivity contribution >= 4 is 68.0 Å². The van der Waals surface area contributed by atoms with Gasteiger partial charge in [0.25, 0.3) is 0 Å². The van der Waals surface area contributed by atoms with Gasteiger partial charge < -0.3 is 26.8 Å². The summed E-state index contributed by atoms with van der Waals surface area (Å²) in [5, 5.41) is 10.0. The first-order chi connectivity index (χ1) is 23.5. The van der Waals surface area contributed by atoms with Gasteiger partial charge in [0.05, 0.1) is 35.4 Å². The van der Waals surface area contributed by atoms with Crippen LogP contribution in [0.5, 0.6) is 5.75 Å². The van der Waals surface area contributed by atoms with Gasteiger partial charge in [0.1, 0.15) is 5.75 Å². The Morgan fingerprint density at radius 1 is 0.673 bits per heavy atom. The number of fused-ring (bicyclic) bond motifs is 2. The fraction of sp³-hybridized carbons (Fsp3) is 0.105. The van der Waals surface area contributed by atoms with Crippen molar-refractivity contribution < 1.29 is 17.9 Å². The Hall–Kier alpha value is -5.68. The van der Waals surface area contributed by atoms with Crippen LogP contribution in [0.1, 0.15) is 11.1 Å². The summed E-state index contributed by atoms with van der Waals surface area (Å²) in [7, 11) is 1.63. The second kappa shape index (κ2) is 15.5. The number of thioether (sulfide) groups is 1. The maximum atomic E-state index is 13.0. The third-order valence-corrected chi connectivity index (χ3v) is 8.22. The Labute approximate surface area is 286 Å². The van der Waals surface area contributed by atoms with Crippen molar-refractivity contribution in [3.8, 4) is 5.75 Å². The molecule has 6 rings (SSSR count). The van der Waals surface area contributed by atoms with E-state index in [0.29, 0.717) is 16.5 Å². The molecule has 250 valence electrons. The number of anilines is 2. The summed E-state index contributed by atoms with van der Waals surface area (Å²) in [6.45, 7) is 2.02. The molecule has 7 nitrogen and oxygen atoms in total. The number of guanidine groups is 2. The standard InChI is InChI=1S/C19H16F3N3S.C19H19N3O/c1-26-17-10-9-13(19(20,21)22)11-16(17)25-18(23)24-15-8-4-6-12-5-2-3-7-14(12)15;1-13-10-11-18(23-2)17(12-13)22-19(20)21-16-9-5-7-14-6-3-4-8-15(14)16/h2-11H,1H3,(H3,23,24,25);3-12H,1-2H3,(H3,20,21,22). The molecule has 0 fully saturated rings. The van der Waals surface area contributed by atoms with Crippen molar-refractivity contribution in [2.45, 2.75) is 18.0 Å². The zero-order chi connectivity index (χ0) is 35.0. The van der Waals surface area contributed by atoms with Crippen LogP contribution in [0.25, 0.3) is 21.5 Å². The van der Waals surface area contributed by atoms with Crippen molar-refractivity contribution in [2.24, 2.45) is 21.5 Å². The van der Waals surface area contributed by atoms with Crippen LogP contribution in [0.3, 0.4) is 0 Å². The first kappa shape index (κ1) is 34.6. The Morgan fingerprint density at radius 2 is 1.20 bits per heavy atom. The van der Waals surface area contributed by atoms with Crippen LogP contribution in [-0.2, 0) is 6.18 Å². The summed E-state index contributed by atoms with van der Waals surface area (Å²) in [4.78, 5) is 9.51. The lowest BCUT2D eigenvalue weighted by Gasteiger charge is -2.14. The number of ether oxygens (including phenoxy) is 1. The van der Waals surface area contributed by atoms with Gasteiger partial charge in [-0.05, 0) is 72.0 Å². The Kier molecular flexibility index (Phi) is 10.9. The van der Waals surface area contributed by atoms with Crippen molar-refractivity contribution in [1.82, 2.24) is 0 Å². The van der Waals surface area contributed by atoms with Crippen LogP contribution in [0.2, 0.25) is 0 Å². The average Bonchev–Trinajstić information content (AvgIpc) is 3.08. The first-order valence-electron chi connectivity index (χ1n) is 15.1. The zero-order valence-electron chi connectivity index (χ0n) is 27.0. The number of nitrogens with zero attached hydrogens (tertiary/aromatic N) is 2. The van der Waals surface area contributed by atoms with Gasteiger partial charge in [0, 0.05) is 15.7 Å². The van der Waals surface area contributed by atoms with E-state index in [1.807, 2.05) is 91.9 Å². The van der Waals surface area contributed by atoms with Gasteiger partial charge in [-0.1, -0.05) is 78.9 Å². The molecule has 11 heteroatoms. The van der Waals surface area contributed by atoms with Crippen molar-refractivity contribution in [3.05, 3.63) is 132 Å². The second-order valence-corrected chi connectivity index (χ2v) is 11.7. The fourth-order valence-corrected chi connectivity index (χ4v) is 5.64. The van der Waals surface area contributed by atoms with Crippen molar-refractivity contribution in [2.75, 3.05) is 24.0 Å². The summed E-state index contributed by atoms with van der Waals surface area (Å²) in [5.41, 5.74) is 15.0. The van der Waals surface area contributed by atoms with Gasteiger partial charge in [-0.2, -0.15) is 13.2 Å². The molecule has 0 bridgehead atoms. The third kappa shape index (κ3) is 8.82. The Bertz CT molecular complexity index is 2140. The predicted octanol–water partition coefficient (Wildman–Crippen LogP) is 9.85. The van der Waals surface area contributed by atoms with Gasteiger partial charge in [-0.15, -0.1) is 11.8 Å². The quantitative estimate of drug-likeness (QED) is 0.0792. The molecule has 6 N–H and O–H groups in total. The highest BCUT2D eigenvalue weighted by molar-refractivity contribution is 7.98. The van der Waals surface area contributed by atoms with E-state index in [2.05, 4.69) is 32.8 Å². The molecule has 0 unspecified atom stereocenters. The largest absolute Gasteiger partial charge is 0.495 e. The molecule has 49 heavy (non-hydrogen) atoms. The number of nitrogens with two attached hydrogens (primary N) is 2. The molecular weight excluding hydrogens is 646 g/mol. The highest BCUT2D eigenvalue weighted by Crippen LogP contribution is 2.35. The van der Waals surface area contributed by atoms with Crippen LogP contribution in [0.4, 0.5) is 35.9 Å². The molecule has 0 atom stereocenters. The normalized spacial score (nSPS) is 12.0. The molecule has 0 aliphatic carbocycles. The smallest absolute Gasteiger partial charge is 0.416 e. The zero-order valence-corrected chi connectivity index (χ0v) is 27.9. The number of benzene rings is 6. The van der Waals surface area contributed by atoms with Gasteiger partial charge in [0.15, 0.2) is 11.9 Å². The SMILES string of the molecule is COc1ccc(C)cc1NC(N)=Nc1cccc2ccccc12.CSc1ccc(C(F)(F)F)cc1NC(N)=Nc1cccc2ccccc12. The lowest BCUT2D eigenvalue weighted by molar-refractivity contribution is -0.137. The van der Waals surface area contributed by atoms with E-state index < -0.39 is 11.7 Å². The molecule has 0 aliphatic heterocycles. The molecule has 6 aromatic carbocycles. The van der Waals surface area contributed by atoms with Gasteiger partial charge in [-0.25, -0.2) is 9.98 Å². The molecule has 0 saturated heterocycles. The molecule has 0 radical (unpaired) electrons. The maximum Gasteiger partial charge on any atom is 0.416 e. The van der Waals surface area contributed by atoms with Gasteiger partial charge >= 0.3 is 6.18 Å². The number of rotatable bonds is 6. The molecule has 0 spiro atoms. The van der Waals surface area contributed by atoms with E-state index in [4.69, 9.17) is 16.2 Å². The Balaban J connectivity index is 0.000000192. The molecule has 0 heterocycles.